The molecule has 1 aromatic rings. The predicted molar refractivity (Wildman–Crippen MR) is 53.5 cm³/mol. The molecule has 1 aliphatic rings. The molecule has 1 heterocycles. The second kappa shape index (κ2) is 3.87. The van der Waals surface area contributed by atoms with Crippen LogP contribution in [0.15, 0.2) is 29.3 Å². The maximum atomic E-state index is 12.3. The van der Waals surface area contributed by atoms with Crippen LogP contribution >= 0.6 is 0 Å². The van der Waals surface area contributed by atoms with E-state index in [0.29, 0.717) is 5.56 Å². The smallest absolute Gasteiger partial charge is 0.406 e. The standard InChI is InChI=1S/C11H8F3NO2/c1-6-10(16)17-9(15-6)7-2-4-8(5-3-7)11(12,13)14/h2-6H,1H3. The molecule has 1 aromatic carbocycles. The van der Waals surface area contributed by atoms with Crippen molar-refractivity contribution in [3.05, 3.63) is 35.4 Å². The van der Waals surface area contributed by atoms with Gasteiger partial charge in [-0.15, -0.1) is 0 Å². The van der Waals surface area contributed by atoms with Gasteiger partial charge in [-0.2, -0.15) is 13.2 Å². The molecule has 1 atom stereocenters. The molecule has 0 aliphatic carbocycles. The normalized spacial score (nSPS) is 20.1. The van der Waals surface area contributed by atoms with Gasteiger partial charge in [-0.25, -0.2) is 9.79 Å². The molecule has 0 aromatic heterocycles. The van der Waals surface area contributed by atoms with E-state index in [1.54, 1.807) is 6.92 Å². The van der Waals surface area contributed by atoms with E-state index in [2.05, 4.69) is 4.99 Å². The number of benzene rings is 1. The van der Waals surface area contributed by atoms with Crippen LogP contribution in [0.25, 0.3) is 0 Å². The summed E-state index contributed by atoms with van der Waals surface area (Å²) in [7, 11) is 0. The van der Waals surface area contributed by atoms with Crippen LogP contribution in [0.3, 0.4) is 0 Å². The van der Waals surface area contributed by atoms with Crippen LogP contribution in [0.2, 0.25) is 0 Å². The molecule has 3 nitrogen and oxygen atoms in total. The lowest BCUT2D eigenvalue weighted by Gasteiger charge is -2.06. The van der Waals surface area contributed by atoms with Crippen LogP contribution in [-0.4, -0.2) is 17.9 Å². The number of alkyl halides is 3. The quantitative estimate of drug-likeness (QED) is 0.710. The number of cyclic esters (lactones) is 1. The van der Waals surface area contributed by atoms with Gasteiger partial charge in [0.25, 0.3) is 0 Å². The van der Waals surface area contributed by atoms with E-state index in [1.807, 2.05) is 0 Å². The fourth-order valence-corrected chi connectivity index (χ4v) is 1.37. The van der Waals surface area contributed by atoms with Crippen LogP contribution in [0.1, 0.15) is 18.1 Å². The average molecular weight is 243 g/mol. The zero-order chi connectivity index (χ0) is 12.6. The molecule has 17 heavy (non-hydrogen) atoms. The van der Waals surface area contributed by atoms with E-state index >= 15 is 0 Å². The first-order valence-electron chi connectivity index (χ1n) is 4.85. The monoisotopic (exact) mass is 243 g/mol. The lowest BCUT2D eigenvalue weighted by Crippen LogP contribution is -2.11. The van der Waals surface area contributed by atoms with Crippen LogP contribution in [-0.2, 0) is 15.7 Å². The van der Waals surface area contributed by atoms with Crippen molar-refractivity contribution in [1.29, 1.82) is 0 Å². The Hall–Kier alpha value is -1.85. The maximum Gasteiger partial charge on any atom is 0.416 e. The Kier molecular flexibility index (Phi) is 2.65. The number of ether oxygens (including phenoxy) is 1. The van der Waals surface area contributed by atoms with Gasteiger partial charge < -0.3 is 4.74 Å². The average Bonchev–Trinajstić information content (AvgIpc) is 2.58. The number of halogens is 3. The van der Waals surface area contributed by atoms with Gasteiger partial charge in [-0.05, 0) is 31.2 Å². The zero-order valence-electron chi connectivity index (χ0n) is 8.78. The highest BCUT2D eigenvalue weighted by atomic mass is 19.4. The van der Waals surface area contributed by atoms with Crippen molar-refractivity contribution in [2.24, 2.45) is 4.99 Å². The summed E-state index contributed by atoms with van der Waals surface area (Å²) in [5.41, 5.74) is -0.394. The summed E-state index contributed by atoms with van der Waals surface area (Å²) in [6.07, 6.45) is -4.38. The van der Waals surface area contributed by atoms with Crippen LogP contribution in [0, 0.1) is 0 Å². The van der Waals surface area contributed by atoms with Crippen molar-refractivity contribution in [3.8, 4) is 0 Å². The Bertz CT molecular complexity index is 476. The van der Waals surface area contributed by atoms with Gasteiger partial charge in [0.1, 0.15) is 6.04 Å². The van der Waals surface area contributed by atoms with Crippen molar-refractivity contribution in [2.75, 3.05) is 0 Å². The molecule has 6 heteroatoms. The predicted octanol–water partition coefficient (Wildman–Crippen LogP) is 2.40. The van der Waals surface area contributed by atoms with Gasteiger partial charge >= 0.3 is 12.1 Å². The summed E-state index contributed by atoms with van der Waals surface area (Å²) in [5, 5.41) is 0. The summed E-state index contributed by atoms with van der Waals surface area (Å²) in [4.78, 5) is 15.0. The van der Waals surface area contributed by atoms with Gasteiger partial charge in [0.2, 0.25) is 5.90 Å². The van der Waals surface area contributed by atoms with Gasteiger partial charge in [0, 0.05) is 5.56 Å². The minimum absolute atomic E-state index is 0.0659. The Morgan fingerprint density at radius 2 is 1.82 bits per heavy atom. The number of esters is 1. The number of aliphatic imine (C=N–C) groups is 1. The molecule has 0 radical (unpaired) electrons. The van der Waals surface area contributed by atoms with Crippen LogP contribution in [0.5, 0.6) is 0 Å². The molecular formula is C11H8F3NO2. The summed E-state index contributed by atoms with van der Waals surface area (Å²) in [6, 6.07) is 3.70. The first-order chi connectivity index (χ1) is 7.88. The number of carbonyl (C=O) groups is 1. The van der Waals surface area contributed by atoms with Gasteiger partial charge in [-0.3, -0.25) is 0 Å². The molecule has 0 fully saturated rings. The van der Waals surface area contributed by atoms with Crippen molar-refractivity contribution in [2.45, 2.75) is 19.1 Å². The third kappa shape index (κ3) is 2.30. The fourth-order valence-electron chi connectivity index (χ4n) is 1.37. The van der Waals surface area contributed by atoms with Crippen LogP contribution in [0.4, 0.5) is 13.2 Å². The molecule has 90 valence electrons. The first-order valence-corrected chi connectivity index (χ1v) is 4.85. The molecule has 1 unspecified atom stereocenters. The molecule has 2 rings (SSSR count). The number of rotatable bonds is 1. The zero-order valence-corrected chi connectivity index (χ0v) is 8.78. The summed E-state index contributed by atoms with van der Waals surface area (Å²) in [5.74, 6) is -0.434. The maximum absolute atomic E-state index is 12.3. The second-order valence-corrected chi connectivity index (χ2v) is 3.61. The Labute approximate surface area is 94.9 Å². The highest BCUT2D eigenvalue weighted by molar-refractivity contribution is 6.06. The van der Waals surface area contributed by atoms with Crippen molar-refractivity contribution >= 4 is 11.9 Å². The first kappa shape index (κ1) is 11.6. The van der Waals surface area contributed by atoms with Gasteiger partial charge in [0.05, 0.1) is 5.56 Å². The van der Waals surface area contributed by atoms with Gasteiger partial charge in [-0.1, -0.05) is 0 Å². The fraction of sp³-hybridized carbons (Fsp3) is 0.273. The third-order valence-corrected chi connectivity index (χ3v) is 2.31. The van der Waals surface area contributed by atoms with E-state index in [0.717, 1.165) is 12.1 Å². The van der Waals surface area contributed by atoms with Crippen molar-refractivity contribution < 1.29 is 22.7 Å². The van der Waals surface area contributed by atoms with E-state index < -0.39 is 23.8 Å². The lowest BCUT2D eigenvalue weighted by molar-refractivity contribution is -0.137. The van der Waals surface area contributed by atoms with Crippen LogP contribution < -0.4 is 0 Å². The molecular weight excluding hydrogens is 235 g/mol. The second-order valence-electron chi connectivity index (χ2n) is 3.61. The largest absolute Gasteiger partial charge is 0.416 e. The Morgan fingerprint density at radius 3 is 2.24 bits per heavy atom. The Balaban J connectivity index is 2.26. The summed E-state index contributed by atoms with van der Waals surface area (Å²) in [6.45, 7) is 1.55. The topological polar surface area (TPSA) is 38.7 Å². The molecule has 0 bridgehead atoms. The lowest BCUT2D eigenvalue weighted by atomic mass is 10.1. The minimum Gasteiger partial charge on any atom is -0.406 e. The number of hydrogen-bond acceptors (Lipinski definition) is 3. The molecule has 0 spiro atoms. The molecule has 0 saturated carbocycles. The molecule has 0 saturated heterocycles. The third-order valence-electron chi connectivity index (χ3n) is 2.31. The number of carbonyl (C=O) groups excluding carboxylic acids is 1. The highest BCUT2D eigenvalue weighted by Gasteiger charge is 2.31. The summed E-state index contributed by atoms with van der Waals surface area (Å²) < 4.78 is 41.7. The van der Waals surface area contributed by atoms with E-state index in [4.69, 9.17) is 4.74 Å². The highest BCUT2D eigenvalue weighted by Crippen LogP contribution is 2.29. The molecule has 0 N–H and O–H groups in total. The summed E-state index contributed by atoms with van der Waals surface area (Å²) >= 11 is 0. The van der Waals surface area contributed by atoms with E-state index in [9.17, 15) is 18.0 Å². The number of hydrogen-bond donors (Lipinski definition) is 0. The molecule has 0 amide bonds. The molecule has 1 aliphatic heterocycles. The van der Waals surface area contributed by atoms with Crippen molar-refractivity contribution in [1.82, 2.24) is 0 Å². The van der Waals surface area contributed by atoms with Crippen molar-refractivity contribution in [3.63, 3.8) is 0 Å². The minimum atomic E-state index is -4.38. The SMILES string of the molecule is CC1N=C(c2ccc(C(F)(F)F)cc2)OC1=O. The number of nitrogens with zero attached hydrogens (tertiary/aromatic N) is 1. The van der Waals surface area contributed by atoms with Gasteiger partial charge in [0.15, 0.2) is 0 Å². The Morgan fingerprint density at radius 1 is 1.24 bits per heavy atom. The van der Waals surface area contributed by atoms with E-state index in [1.165, 1.54) is 12.1 Å². The van der Waals surface area contributed by atoms with E-state index in [-0.39, 0.29) is 5.90 Å².